The number of hydrogen-bond acceptors (Lipinski definition) is 15. The SMILES string of the molecule is CCCCCCCCCCCCCC(=O)OC[C@H](COP(=O)(O)OC[C@H](O)COP(=O)(O)OC[C@@H](COC(=O)CCCCCCCCCCCCCCCCC(C)C)OC(=O)CCCCCCCCCCCCCCCCCCCCC(C)C)OC(=O)CCCCCCCCCCCCC(C)C. The lowest BCUT2D eigenvalue weighted by molar-refractivity contribution is -0.161. The third kappa shape index (κ3) is 76.3. The number of aliphatic hydroxyl groups excluding tert-OH is 1. The molecule has 0 aliphatic carbocycles. The van der Waals surface area contributed by atoms with E-state index >= 15 is 0 Å². The van der Waals surface area contributed by atoms with Crippen molar-refractivity contribution >= 4 is 39.5 Å². The Morgan fingerprint density at radius 1 is 0.265 bits per heavy atom. The molecule has 0 aromatic heterocycles. The van der Waals surface area contributed by atoms with Gasteiger partial charge in [-0.1, -0.05) is 382 Å². The Balaban J connectivity index is 5.23. The van der Waals surface area contributed by atoms with Crippen LogP contribution in [-0.2, 0) is 65.4 Å². The molecule has 0 aromatic rings. The average molecular weight is 1490 g/mol. The molecule has 0 aliphatic heterocycles. The quantitative estimate of drug-likeness (QED) is 0.0222. The highest BCUT2D eigenvalue weighted by Crippen LogP contribution is 2.45. The van der Waals surface area contributed by atoms with Crippen molar-refractivity contribution in [2.75, 3.05) is 39.6 Å². The number of carbonyl (C=O) groups excluding carboxylic acids is 4. The van der Waals surface area contributed by atoms with Crippen LogP contribution in [0.3, 0.4) is 0 Å². The van der Waals surface area contributed by atoms with Gasteiger partial charge in [-0.25, -0.2) is 9.13 Å². The second-order valence-corrected chi connectivity index (χ2v) is 34.2. The summed E-state index contributed by atoms with van der Waals surface area (Å²) in [6.45, 7) is 12.0. The Bertz CT molecular complexity index is 1970. The fourth-order valence-electron chi connectivity index (χ4n) is 12.8. The van der Waals surface area contributed by atoms with Crippen LogP contribution in [0, 0.1) is 17.8 Å². The summed E-state index contributed by atoms with van der Waals surface area (Å²) in [6.07, 6.45) is 62.4. The smallest absolute Gasteiger partial charge is 0.462 e. The maximum Gasteiger partial charge on any atom is 0.472 e. The van der Waals surface area contributed by atoms with Crippen LogP contribution >= 0.6 is 15.6 Å². The van der Waals surface area contributed by atoms with Crippen LogP contribution < -0.4 is 0 Å². The molecule has 3 N–H and O–H groups in total. The first-order chi connectivity index (χ1) is 49.2. The molecular formula is C83H162O17P2. The Morgan fingerprint density at radius 3 is 0.667 bits per heavy atom. The van der Waals surface area contributed by atoms with E-state index in [0.717, 1.165) is 108 Å². The minimum atomic E-state index is -4.96. The minimum Gasteiger partial charge on any atom is -0.462 e. The molecule has 0 bridgehead atoms. The molecule has 0 aliphatic rings. The van der Waals surface area contributed by atoms with Crippen molar-refractivity contribution in [3.63, 3.8) is 0 Å². The lowest BCUT2D eigenvalue weighted by atomic mass is 10.0. The first-order valence-corrected chi connectivity index (χ1v) is 45.8. The molecular weight excluding hydrogens is 1330 g/mol. The number of phosphoric ester groups is 2. The summed E-state index contributed by atoms with van der Waals surface area (Å²) in [5.41, 5.74) is 0. The van der Waals surface area contributed by atoms with E-state index in [9.17, 15) is 43.2 Å². The highest BCUT2D eigenvalue weighted by Gasteiger charge is 2.30. The second kappa shape index (κ2) is 73.2. The maximum atomic E-state index is 13.1. The summed E-state index contributed by atoms with van der Waals surface area (Å²) in [5.74, 6) is 0.264. The molecule has 17 nitrogen and oxygen atoms in total. The standard InChI is InChI=1S/C83H162O17P2/c1-8-9-10-11-12-13-26-36-43-50-57-64-80(85)93-70-79(100-83(88)67-60-53-46-39-32-31-35-42-49-56-63-76(6)7)73-98-102(91,92)96-69-77(84)68-95-101(89,90)97-72-78(71-94-81(86)65-58-51-44-37-29-24-21-20-23-28-34-41-48-55-62-75(4)5)99-82(87)66-59-52-45-38-30-25-19-17-15-14-16-18-22-27-33-40-47-54-61-74(2)3/h74-79,84H,8-73H2,1-7H3,(H,89,90)(H,91,92)/t77-,78-,79-/m1/s1. The number of carbonyl (C=O) groups is 4. The van der Waals surface area contributed by atoms with Gasteiger partial charge in [0.1, 0.15) is 19.3 Å². The Labute approximate surface area is 626 Å². The van der Waals surface area contributed by atoms with E-state index in [1.54, 1.807) is 0 Å². The van der Waals surface area contributed by atoms with Gasteiger partial charge in [-0.2, -0.15) is 0 Å². The number of unbranched alkanes of at least 4 members (excludes halogenated alkanes) is 49. The normalized spacial score (nSPS) is 13.9. The van der Waals surface area contributed by atoms with E-state index in [0.29, 0.717) is 25.7 Å². The summed E-state index contributed by atoms with van der Waals surface area (Å²) in [6, 6.07) is 0. The maximum absolute atomic E-state index is 13.1. The highest BCUT2D eigenvalue weighted by molar-refractivity contribution is 7.47. The van der Waals surface area contributed by atoms with Crippen molar-refractivity contribution in [3.05, 3.63) is 0 Å². The van der Waals surface area contributed by atoms with Gasteiger partial charge in [0.05, 0.1) is 26.4 Å². The van der Waals surface area contributed by atoms with Crippen LogP contribution in [0.1, 0.15) is 434 Å². The molecule has 0 amide bonds. The number of aliphatic hydroxyl groups is 1. The molecule has 2 unspecified atom stereocenters. The predicted molar refractivity (Wildman–Crippen MR) is 418 cm³/mol. The van der Waals surface area contributed by atoms with Gasteiger partial charge in [-0.15, -0.1) is 0 Å². The fourth-order valence-corrected chi connectivity index (χ4v) is 14.4. The number of hydrogen-bond donors (Lipinski definition) is 3. The van der Waals surface area contributed by atoms with Crippen molar-refractivity contribution in [2.45, 2.75) is 452 Å². The van der Waals surface area contributed by atoms with E-state index in [1.165, 1.54) is 244 Å². The number of esters is 4. The van der Waals surface area contributed by atoms with E-state index in [-0.39, 0.29) is 25.7 Å². The van der Waals surface area contributed by atoms with Gasteiger partial charge in [0.25, 0.3) is 0 Å². The van der Waals surface area contributed by atoms with Gasteiger partial charge in [-0.05, 0) is 43.4 Å². The van der Waals surface area contributed by atoms with E-state index in [2.05, 4.69) is 48.5 Å². The van der Waals surface area contributed by atoms with Gasteiger partial charge < -0.3 is 33.8 Å². The summed E-state index contributed by atoms with van der Waals surface area (Å²) in [5, 5.41) is 10.7. The number of rotatable bonds is 81. The Morgan fingerprint density at radius 2 is 0.451 bits per heavy atom. The zero-order valence-corrected chi connectivity index (χ0v) is 68.9. The topological polar surface area (TPSA) is 237 Å². The lowest BCUT2D eigenvalue weighted by Crippen LogP contribution is -2.30. The molecule has 19 heteroatoms. The van der Waals surface area contributed by atoms with Crippen molar-refractivity contribution in [3.8, 4) is 0 Å². The third-order valence-electron chi connectivity index (χ3n) is 19.4. The molecule has 0 radical (unpaired) electrons. The lowest BCUT2D eigenvalue weighted by Gasteiger charge is -2.21. The molecule has 102 heavy (non-hydrogen) atoms. The summed E-state index contributed by atoms with van der Waals surface area (Å²) in [4.78, 5) is 73.1. The first-order valence-electron chi connectivity index (χ1n) is 42.8. The number of ether oxygens (including phenoxy) is 4. The molecule has 0 saturated heterocycles. The van der Waals surface area contributed by atoms with Crippen molar-refractivity contribution < 1.29 is 80.2 Å². The summed E-state index contributed by atoms with van der Waals surface area (Å²) >= 11 is 0. The Kier molecular flexibility index (Phi) is 71.8. The molecule has 0 rings (SSSR count). The Hall–Kier alpha value is -1.94. The molecule has 0 fully saturated rings. The van der Waals surface area contributed by atoms with Crippen molar-refractivity contribution in [1.29, 1.82) is 0 Å². The van der Waals surface area contributed by atoms with E-state index in [4.69, 9.17) is 37.0 Å². The average Bonchev–Trinajstić information content (AvgIpc) is 0.911. The van der Waals surface area contributed by atoms with Crippen LogP contribution in [0.15, 0.2) is 0 Å². The van der Waals surface area contributed by atoms with Gasteiger partial charge in [-0.3, -0.25) is 37.3 Å². The van der Waals surface area contributed by atoms with E-state index in [1.807, 2.05) is 0 Å². The number of phosphoric acid groups is 2. The molecule has 0 aromatic carbocycles. The van der Waals surface area contributed by atoms with Gasteiger partial charge in [0.2, 0.25) is 0 Å². The van der Waals surface area contributed by atoms with Crippen LogP contribution in [0.2, 0.25) is 0 Å². The zero-order valence-electron chi connectivity index (χ0n) is 67.1. The van der Waals surface area contributed by atoms with Gasteiger partial charge >= 0.3 is 39.5 Å². The molecule has 0 saturated carbocycles. The van der Waals surface area contributed by atoms with Gasteiger partial charge in [0, 0.05) is 25.7 Å². The summed E-state index contributed by atoms with van der Waals surface area (Å²) < 4.78 is 68.8. The summed E-state index contributed by atoms with van der Waals surface area (Å²) in [7, 11) is -9.92. The highest BCUT2D eigenvalue weighted by atomic mass is 31.2. The zero-order chi connectivity index (χ0) is 75.1. The predicted octanol–water partition coefficient (Wildman–Crippen LogP) is 24.9. The van der Waals surface area contributed by atoms with Crippen LogP contribution in [0.4, 0.5) is 0 Å². The van der Waals surface area contributed by atoms with Crippen molar-refractivity contribution in [1.82, 2.24) is 0 Å². The van der Waals surface area contributed by atoms with Crippen LogP contribution in [0.5, 0.6) is 0 Å². The molecule has 5 atom stereocenters. The molecule has 0 spiro atoms. The molecule has 0 heterocycles. The van der Waals surface area contributed by atoms with Crippen molar-refractivity contribution in [2.24, 2.45) is 17.8 Å². The second-order valence-electron chi connectivity index (χ2n) is 31.3. The first kappa shape index (κ1) is 100. The van der Waals surface area contributed by atoms with Crippen LogP contribution in [-0.4, -0.2) is 96.7 Å². The fraction of sp³-hybridized carbons (Fsp3) is 0.952. The molecule has 606 valence electrons. The third-order valence-corrected chi connectivity index (χ3v) is 21.3. The monoisotopic (exact) mass is 1490 g/mol. The largest absolute Gasteiger partial charge is 0.472 e. The minimum absolute atomic E-state index is 0.106. The van der Waals surface area contributed by atoms with Gasteiger partial charge in [0.15, 0.2) is 12.2 Å². The van der Waals surface area contributed by atoms with Crippen LogP contribution in [0.25, 0.3) is 0 Å². The van der Waals surface area contributed by atoms with E-state index < -0.39 is 97.5 Å².